The lowest BCUT2D eigenvalue weighted by Crippen LogP contribution is -2.03. The number of hydrogen-bond donors (Lipinski definition) is 1. The molecule has 0 saturated heterocycles. The summed E-state index contributed by atoms with van der Waals surface area (Å²) in [5.74, 6) is 0. The molecule has 20 heavy (non-hydrogen) atoms. The molecule has 0 aliphatic carbocycles. The zero-order valence-corrected chi connectivity index (χ0v) is 12.2. The lowest BCUT2D eigenvalue weighted by molar-refractivity contribution is 0.833. The fourth-order valence-electron chi connectivity index (χ4n) is 2.65. The van der Waals surface area contributed by atoms with Gasteiger partial charge in [-0.1, -0.05) is 36.7 Å². The van der Waals surface area contributed by atoms with Crippen molar-refractivity contribution in [3.63, 3.8) is 0 Å². The quantitative estimate of drug-likeness (QED) is 0.706. The van der Waals surface area contributed by atoms with E-state index in [9.17, 15) is 0 Å². The van der Waals surface area contributed by atoms with Crippen LogP contribution in [0.4, 0.5) is 5.69 Å². The summed E-state index contributed by atoms with van der Waals surface area (Å²) < 4.78 is 2.25. The van der Waals surface area contributed by atoms with Crippen LogP contribution >= 0.6 is 11.6 Å². The number of nitrogens with two attached hydrogens (primary N) is 1. The summed E-state index contributed by atoms with van der Waals surface area (Å²) in [6.45, 7) is 2.92. The van der Waals surface area contributed by atoms with E-state index < -0.39 is 0 Å². The molecule has 0 unspecified atom stereocenters. The number of aryl methyl sites for hydroxylation is 1. The molecule has 0 saturated carbocycles. The molecule has 0 aliphatic rings. The van der Waals surface area contributed by atoms with Crippen molar-refractivity contribution in [2.75, 3.05) is 5.73 Å². The van der Waals surface area contributed by atoms with Gasteiger partial charge in [0, 0.05) is 23.5 Å². The van der Waals surface area contributed by atoms with Crippen LogP contribution in [0, 0.1) is 0 Å². The Labute approximate surface area is 123 Å². The predicted octanol–water partition coefficient (Wildman–Crippen LogP) is 4.49. The summed E-state index contributed by atoms with van der Waals surface area (Å²) in [4.78, 5) is 0. The summed E-state index contributed by atoms with van der Waals surface area (Å²) in [6, 6.07) is 14.2. The Hall–Kier alpha value is -1.93. The maximum absolute atomic E-state index is 6.07. The first-order valence-electron chi connectivity index (χ1n) is 6.79. The third kappa shape index (κ3) is 2.27. The van der Waals surface area contributed by atoms with Gasteiger partial charge in [0.05, 0.1) is 5.52 Å². The molecule has 0 fully saturated rings. The third-order valence-corrected chi connectivity index (χ3v) is 3.93. The Bertz CT molecular complexity index is 759. The number of aromatic nitrogens is 1. The number of nitrogen functional groups attached to an aromatic ring is 1. The lowest BCUT2D eigenvalue weighted by Gasteiger charge is -2.11. The van der Waals surface area contributed by atoms with Crippen LogP contribution < -0.4 is 5.73 Å². The summed E-state index contributed by atoms with van der Waals surface area (Å²) in [7, 11) is 0. The van der Waals surface area contributed by atoms with Gasteiger partial charge < -0.3 is 10.3 Å². The highest BCUT2D eigenvalue weighted by atomic mass is 35.5. The van der Waals surface area contributed by atoms with E-state index in [1.54, 1.807) is 0 Å². The average molecular weight is 285 g/mol. The molecule has 2 N–H and O–H groups in total. The molecule has 0 bridgehead atoms. The smallest absolute Gasteiger partial charge is 0.0515 e. The van der Waals surface area contributed by atoms with Crippen molar-refractivity contribution in [3.05, 3.63) is 64.8 Å². The SMILES string of the molecule is CCc1cccc2ccn(Cc3cc(Cl)ccc3N)c12. The molecule has 2 aromatic carbocycles. The van der Waals surface area contributed by atoms with Crippen molar-refractivity contribution >= 4 is 28.2 Å². The molecule has 0 radical (unpaired) electrons. The Kier molecular flexibility index (Phi) is 3.41. The zero-order chi connectivity index (χ0) is 14.1. The van der Waals surface area contributed by atoms with E-state index in [0.29, 0.717) is 0 Å². The van der Waals surface area contributed by atoms with Gasteiger partial charge in [-0.2, -0.15) is 0 Å². The zero-order valence-electron chi connectivity index (χ0n) is 11.4. The number of anilines is 1. The van der Waals surface area contributed by atoms with E-state index in [2.05, 4.69) is 42.0 Å². The van der Waals surface area contributed by atoms with Gasteiger partial charge in [-0.25, -0.2) is 0 Å². The van der Waals surface area contributed by atoms with Crippen molar-refractivity contribution in [2.45, 2.75) is 19.9 Å². The number of para-hydroxylation sites is 1. The molecule has 0 aliphatic heterocycles. The van der Waals surface area contributed by atoms with E-state index in [0.717, 1.165) is 29.2 Å². The van der Waals surface area contributed by atoms with Crippen LogP contribution in [-0.2, 0) is 13.0 Å². The van der Waals surface area contributed by atoms with Crippen LogP contribution in [0.5, 0.6) is 0 Å². The van der Waals surface area contributed by atoms with E-state index in [1.165, 1.54) is 16.5 Å². The number of nitrogens with zero attached hydrogens (tertiary/aromatic N) is 1. The first kappa shape index (κ1) is 13.1. The standard InChI is InChI=1S/C17H17ClN2/c1-2-12-4-3-5-13-8-9-20(17(12)13)11-14-10-15(18)6-7-16(14)19/h3-10H,2,11,19H2,1H3. The van der Waals surface area contributed by atoms with Crippen molar-refractivity contribution in [1.29, 1.82) is 0 Å². The minimum atomic E-state index is 0.723. The van der Waals surface area contributed by atoms with Crippen LogP contribution in [0.3, 0.4) is 0 Å². The van der Waals surface area contributed by atoms with Crippen LogP contribution in [0.25, 0.3) is 10.9 Å². The monoisotopic (exact) mass is 284 g/mol. The number of hydrogen-bond acceptors (Lipinski definition) is 1. The third-order valence-electron chi connectivity index (χ3n) is 3.70. The number of halogens is 1. The van der Waals surface area contributed by atoms with Gasteiger partial charge >= 0.3 is 0 Å². The Morgan fingerprint density at radius 3 is 2.75 bits per heavy atom. The van der Waals surface area contributed by atoms with Gasteiger partial charge in [-0.15, -0.1) is 0 Å². The highest BCUT2D eigenvalue weighted by molar-refractivity contribution is 6.30. The van der Waals surface area contributed by atoms with Gasteiger partial charge in [0.1, 0.15) is 0 Å². The number of benzene rings is 2. The molecular weight excluding hydrogens is 268 g/mol. The summed E-state index contributed by atoms with van der Waals surface area (Å²) >= 11 is 6.07. The molecule has 2 nitrogen and oxygen atoms in total. The molecule has 3 aromatic rings. The van der Waals surface area contributed by atoms with Crippen LogP contribution in [0.1, 0.15) is 18.1 Å². The van der Waals surface area contributed by atoms with Crippen molar-refractivity contribution < 1.29 is 0 Å². The van der Waals surface area contributed by atoms with Crippen molar-refractivity contribution in [3.8, 4) is 0 Å². The second kappa shape index (κ2) is 5.22. The average Bonchev–Trinajstić information content (AvgIpc) is 2.86. The molecule has 3 rings (SSSR count). The van der Waals surface area contributed by atoms with Crippen LogP contribution in [0.2, 0.25) is 5.02 Å². The molecule has 0 atom stereocenters. The van der Waals surface area contributed by atoms with Gasteiger partial charge in [0.25, 0.3) is 0 Å². The second-order valence-corrected chi connectivity index (χ2v) is 5.43. The van der Waals surface area contributed by atoms with E-state index in [1.807, 2.05) is 18.2 Å². The molecule has 102 valence electrons. The topological polar surface area (TPSA) is 30.9 Å². The Balaban J connectivity index is 2.09. The molecule has 0 amide bonds. The van der Waals surface area contributed by atoms with Gasteiger partial charge in [-0.3, -0.25) is 0 Å². The first-order valence-corrected chi connectivity index (χ1v) is 7.17. The minimum absolute atomic E-state index is 0.723. The predicted molar refractivity (Wildman–Crippen MR) is 86.3 cm³/mol. The molecular formula is C17H17ClN2. The van der Waals surface area contributed by atoms with Crippen LogP contribution in [0.15, 0.2) is 48.7 Å². The van der Waals surface area contributed by atoms with E-state index >= 15 is 0 Å². The Morgan fingerprint density at radius 2 is 1.95 bits per heavy atom. The lowest BCUT2D eigenvalue weighted by atomic mass is 10.1. The van der Waals surface area contributed by atoms with Crippen LogP contribution in [-0.4, -0.2) is 4.57 Å². The summed E-state index contributed by atoms with van der Waals surface area (Å²) in [6.07, 6.45) is 3.14. The fraction of sp³-hybridized carbons (Fsp3) is 0.176. The second-order valence-electron chi connectivity index (χ2n) is 5.00. The normalized spacial score (nSPS) is 11.1. The van der Waals surface area contributed by atoms with E-state index in [-0.39, 0.29) is 0 Å². The summed E-state index contributed by atoms with van der Waals surface area (Å²) in [5.41, 5.74) is 10.5. The minimum Gasteiger partial charge on any atom is -0.398 e. The highest BCUT2D eigenvalue weighted by Crippen LogP contribution is 2.24. The molecule has 1 aromatic heterocycles. The van der Waals surface area contributed by atoms with Crippen molar-refractivity contribution in [1.82, 2.24) is 4.57 Å². The van der Waals surface area contributed by atoms with Gasteiger partial charge in [0.15, 0.2) is 0 Å². The number of rotatable bonds is 3. The number of fused-ring (bicyclic) bond motifs is 1. The van der Waals surface area contributed by atoms with E-state index in [4.69, 9.17) is 17.3 Å². The first-order chi connectivity index (χ1) is 9.69. The molecule has 3 heteroatoms. The largest absolute Gasteiger partial charge is 0.398 e. The molecule has 1 heterocycles. The Morgan fingerprint density at radius 1 is 1.10 bits per heavy atom. The fourth-order valence-corrected chi connectivity index (χ4v) is 2.85. The van der Waals surface area contributed by atoms with Gasteiger partial charge in [-0.05, 0) is 47.2 Å². The maximum Gasteiger partial charge on any atom is 0.0515 e. The highest BCUT2D eigenvalue weighted by Gasteiger charge is 2.07. The summed E-state index contributed by atoms with van der Waals surface area (Å²) in [5, 5.41) is 1.99. The van der Waals surface area contributed by atoms with Crippen molar-refractivity contribution in [2.24, 2.45) is 0 Å². The maximum atomic E-state index is 6.07. The van der Waals surface area contributed by atoms with Gasteiger partial charge in [0.2, 0.25) is 0 Å². The molecule has 0 spiro atoms.